The maximum absolute atomic E-state index is 12.6. The van der Waals surface area contributed by atoms with Crippen molar-refractivity contribution in [2.75, 3.05) is 11.4 Å². The molecule has 0 bridgehead atoms. The van der Waals surface area contributed by atoms with Gasteiger partial charge in [0.05, 0.1) is 5.92 Å². The molecular formula is C24H29NO3. The predicted molar refractivity (Wildman–Crippen MR) is 112 cm³/mol. The molecule has 1 amide bonds. The predicted octanol–water partition coefficient (Wildman–Crippen LogP) is 4.90. The number of rotatable bonds is 6. The number of carbonyl (C=O) groups is 2. The van der Waals surface area contributed by atoms with Crippen molar-refractivity contribution >= 4 is 17.6 Å². The maximum atomic E-state index is 12.6. The summed E-state index contributed by atoms with van der Waals surface area (Å²) in [6.45, 7) is 9.01. The molecule has 0 unspecified atom stereocenters. The Balaban J connectivity index is 1.64. The van der Waals surface area contributed by atoms with Crippen LogP contribution in [0, 0.1) is 5.92 Å². The largest absolute Gasteiger partial charge is 0.426 e. The van der Waals surface area contributed by atoms with E-state index in [9.17, 15) is 9.59 Å². The molecule has 4 heteroatoms. The van der Waals surface area contributed by atoms with Crippen LogP contribution in [0.25, 0.3) is 0 Å². The Morgan fingerprint density at radius 2 is 1.71 bits per heavy atom. The molecule has 0 spiro atoms. The van der Waals surface area contributed by atoms with Gasteiger partial charge in [0.2, 0.25) is 5.91 Å². The van der Waals surface area contributed by atoms with E-state index in [1.165, 1.54) is 11.1 Å². The Kier molecular flexibility index (Phi) is 5.87. The van der Waals surface area contributed by atoms with Gasteiger partial charge < -0.3 is 9.64 Å². The number of aryl methyl sites for hydroxylation is 1. The van der Waals surface area contributed by atoms with Crippen LogP contribution in [0.2, 0.25) is 0 Å². The minimum absolute atomic E-state index is 0.0359. The molecule has 2 aromatic carbocycles. The Hall–Kier alpha value is -2.62. The van der Waals surface area contributed by atoms with Crippen LogP contribution in [0.3, 0.4) is 0 Å². The summed E-state index contributed by atoms with van der Waals surface area (Å²) >= 11 is 0. The summed E-state index contributed by atoms with van der Waals surface area (Å²) in [6.07, 6.45) is 2.18. The van der Waals surface area contributed by atoms with Crippen LogP contribution in [0.15, 0.2) is 48.5 Å². The van der Waals surface area contributed by atoms with Gasteiger partial charge in [-0.2, -0.15) is 0 Å². The first-order valence-electron chi connectivity index (χ1n) is 10.1. The van der Waals surface area contributed by atoms with E-state index >= 15 is 0 Å². The van der Waals surface area contributed by atoms with Crippen molar-refractivity contribution in [3.8, 4) is 5.75 Å². The van der Waals surface area contributed by atoms with Crippen LogP contribution in [-0.4, -0.2) is 18.4 Å². The van der Waals surface area contributed by atoms with Gasteiger partial charge in [-0.25, -0.2) is 0 Å². The minimum Gasteiger partial charge on any atom is -0.426 e. The first-order valence-corrected chi connectivity index (χ1v) is 10.1. The second-order valence-electron chi connectivity index (χ2n) is 8.11. The van der Waals surface area contributed by atoms with E-state index in [0.717, 1.165) is 18.5 Å². The highest BCUT2D eigenvalue weighted by molar-refractivity contribution is 5.99. The second-order valence-corrected chi connectivity index (χ2v) is 8.11. The van der Waals surface area contributed by atoms with E-state index < -0.39 is 5.92 Å². The van der Waals surface area contributed by atoms with Gasteiger partial charge in [-0.05, 0) is 53.6 Å². The van der Waals surface area contributed by atoms with Gasteiger partial charge in [0.1, 0.15) is 5.75 Å². The van der Waals surface area contributed by atoms with E-state index in [1.54, 1.807) is 4.90 Å². The van der Waals surface area contributed by atoms with E-state index in [4.69, 9.17) is 4.74 Å². The van der Waals surface area contributed by atoms with Crippen LogP contribution >= 0.6 is 0 Å². The van der Waals surface area contributed by atoms with Crippen LogP contribution < -0.4 is 9.64 Å². The zero-order valence-corrected chi connectivity index (χ0v) is 17.2. The van der Waals surface area contributed by atoms with Crippen molar-refractivity contribution in [3.05, 3.63) is 59.7 Å². The molecule has 28 heavy (non-hydrogen) atoms. The fraction of sp³-hybridized carbons (Fsp3) is 0.417. The second kappa shape index (κ2) is 8.17. The van der Waals surface area contributed by atoms with Crippen LogP contribution in [0.5, 0.6) is 5.75 Å². The van der Waals surface area contributed by atoms with Crippen LogP contribution in [-0.2, 0) is 21.4 Å². The lowest BCUT2D eigenvalue weighted by Crippen LogP contribution is -2.27. The lowest BCUT2D eigenvalue weighted by Gasteiger charge is -2.23. The molecule has 1 aliphatic heterocycles. The summed E-state index contributed by atoms with van der Waals surface area (Å²) < 4.78 is 5.55. The van der Waals surface area contributed by atoms with E-state index in [-0.39, 0.29) is 23.7 Å². The Morgan fingerprint density at radius 1 is 1.07 bits per heavy atom. The zero-order valence-electron chi connectivity index (χ0n) is 17.2. The monoisotopic (exact) mass is 379 g/mol. The maximum Gasteiger partial charge on any atom is 0.316 e. The molecule has 3 rings (SSSR count). The highest BCUT2D eigenvalue weighted by Crippen LogP contribution is 2.29. The molecule has 1 atom stereocenters. The van der Waals surface area contributed by atoms with E-state index in [1.807, 2.05) is 48.5 Å². The van der Waals surface area contributed by atoms with Crippen molar-refractivity contribution in [2.24, 2.45) is 5.92 Å². The van der Waals surface area contributed by atoms with Gasteiger partial charge >= 0.3 is 5.97 Å². The summed E-state index contributed by atoms with van der Waals surface area (Å²) in [7, 11) is 0. The van der Waals surface area contributed by atoms with Gasteiger partial charge in [0, 0.05) is 18.7 Å². The Bertz CT molecular complexity index is 837. The molecule has 1 aliphatic rings. The van der Waals surface area contributed by atoms with Crippen molar-refractivity contribution in [2.45, 2.75) is 52.4 Å². The number of nitrogens with zero attached hydrogens (tertiary/aromatic N) is 1. The van der Waals surface area contributed by atoms with Crippen LogP contribution in [0.4, 0.5) is 5.69 Å². The first kappa shape index (κ1) is 20.1. The number of esters is 1. The van der Waals surface area contributed by atoms with Gasteiger partial charge in [-0.15, -0.1) is 0 Å². The SMILES string of the molecule is CCc1ccc(N2C[C@@H](C(=O)Oc3ccc(C(C)(C)CC)cc3)CC2=O)cc1. The summed E-state index contributed by atoms with van der Waals surface area (Å²) in [5.74, 6) is -0.293. The van der Waals surface area contributed by atoms with Gasteiger partial charge in [0.25, 0.3) is 0 Å². The zero-order chi connectivity index (χ0) is 20.3. The average Bonchev–Trinajstić information content (AvgIpc) is 3.10. The molecule has 2 aromatic rings. The molecule has 4 nitrogen and oxygen atoms in total. The fourth-order valence-electron chi connectivity index (χ4n) is 3.40. The third-order valence-corrected chi connectivity index (χ3v) is 5.85. The quantitative estimate of drug-likeness (QED) is 0.530. The number of hydrogen-bond donors (Lipinski definition) is 0. The molecule has 0 saturated carbocycles. The lowest BCUT2D eigenvalue weighted by molar-refractivity contribution is -0.139. The van der Waals surface area contributed by atoms with Crippen molar-refractivity contribution < 1.29 is 14.3 Å². The Morgan fingerprint density at radius 3 is 2.29 bits per heavy atom. The average molecular weight is 380 g/mol. The fourth-order valence-corrected chi connectivity index (χ4v) is 3.40. The Labute approximate surface area is 167 Å². The standard InChI is InChI=1S/C24H29NO3/c1-5-17-7-11-20(12-8-17)25-16-18(15-22(25)26)23(27)28-21-13-9-19(10-14-21)24(3,4)6-2/h7-14,18H,5-6,15-16H2,1-4H3/t18-/m0/s1. The molecule has 1 fully saturated rings. The van der Waals surface area contributed by atoms with Gasteiger partial charge in [-0.3, -0.25) is 9.59 Å². The van der Waals surface area contributed by atoms with E-state index in [0.29, 0.717) is 12.3 Å². The topological polar surface area (TPSA) is 46.6 Å². The van der Waals surface area contributed by atoms with Crippen molar-refractivity contribution in [1.29, 1.82) is 0 Å². The molecule has 1 heterocycles. The number of anilines is 1. The third-order valence-electron chi connectivity index (χ3n) is 5.85. The lowest BCUT2D eigenvalue weighted by atomic mass is 9.82. The summed E-state index contributed by atoms with van der Waals surface area (Å²) in [5.41, 5.74) is 3.37. The number of carbonyl (C=O) groups excluding carboxylic acids is 2. The summed E-state index contributed by atoms with van der Waals surface area (Å²) in [6, 6.07) is 15.6. The van der Waals surface area contributed by atoms with Gasteiger partial charge in [-0.1, -0.05) is 52.0 Å². The normalized spacial score (nSPS) is 17.1. The highest BCUT2D eigenvalue weighted by Gasteiger charge is 2.36. The van der Waals surface area contributed by atoms with Crippen molar-refractivity contribution in [3.63, 3.8) is 0 Å². The molecular weight excluding hydrogens is 350 g/mol. The number of ether oxygens (including phenoxy) is 1. The minimum atomic E-state index is -0.440. The molecule has 0 aliphatic carbocycles. The summed E-state index contributed by atoms with van der Waals surface area (Å²) in [4.78, 5) is 26.7. The number of benzene rings is 2. The molecule has 0 aromatic heterocycles. The number of hydrogen-bond acceptors (Lipinski definition) is 3. The third kappa shape index (κ3) is 4.27. The molecule has 0 N–H and O–H groups in total. The van der Waals surface area contributed by atoms with Gasteiger partial charge in [0.15, 0.2) is 0 Å². The number of amides is 1. The molecule has 1 saturated heterocycles. The van der Waals surface area contributed by atoms with E-state index in [2.05, 4.69) is 27.7 Å². The molecule has 148 valence electrons. The highest BCUT2D eigenvalue weighted by atomic mass is 16.5. The van der Waals surface area contributed by atoms with Crippen LogP contribution in [0.1, 0.15) is 51.7 Å². The van der Waals surface area contributed by atoms with Crippen molar-refractivity contribution in [1.82, 2.24) is 0 Å². The summed E-state index contributed by atoms with van der Waals surface area (Å²) in [5, 5.41) is 0. The smallest absolute Gasteiger partial charge is 0.316 e. The first-order chi connectivity index (χ1) is 13.3. The molecule has 0 radical (unpaired) electrons.